The van der Waals surface area contributed by atoms with Crippen LogP contribution in [0.3, 0.4) is 0 Å². The standard InChI is InChI=1S/C13H18BrNO4S/c1-9(2)7-12(13(16)17)15-20(18,19)8-10-5-3-4-6-11(10)14/h3-6,9,12,15H,7-8H2,1-2H3,(H,16,17)/t12-/m1/s1. The Balaban J connectivity index is 2.83. The molecule has 0 unspecified atom stereocenters. The molecule has 0 saturated heterocycles. The minimum absolute atomic E-state index is 0.0854. The fraction of sp³-hybridized carbons (Fsp3) is 0.462. The molecule has 20 heavy (non-hydrogen) atoms. The second kappa shape index (κ2) is 7.19. The Hall–Kier alpha value is -0.920. The van der Waals surface area contributed by atoms with Gasteiger partial charge in [-0.2, -0.15) is 0 Å². The van der Waals surface area contributed by atoms with Crippen molar-refractivity contribution in [2.75, 3.05) is 0 Å². The van der Waals surface area contributed by atoms with Crippen molar-refractivity contribution in [3.63, 3.8) is 0 Å². The summed E-state index contributed by atoms with van der Waals surface area (Å²) in [5.74, 6) is -1.33. The van der Waals surface area contributed by atoms with E-state index in [-0.39, 0.29) is 18.1 Å². The average molecular weight is 364 g/mol. The predicted molar refractivity (Wildman–Crippen MR) is 80.8 cm³/mol. The van der Waals surface area contributed by atoms with Crippen molar-refractivity contribution in [3.8, 4) is 0 Å². The number of benzene rings is 1. The van der Waals surface area contributed by atoms with Gasteiger partial charge in [-0.1, -0.05) is 48.0 Å². The first kappa shape index (κ1) is 17.1. The summed E-state index contributed by atoms with van der Waals surface area (Å²) in [4.78, 5) is 11.1. The quantitative estimate of drug-likeness (QED) is 0.778. The van der Waals surface area contributed by atoms with Crippen molar-refractivity contribution in [3.05, 3.63) is 34.3 Å². The van der Waals surface area contributed by atoms with Crippen molar-refractivity contribution in [1.82, 2.24) is 4.72 Å². The zero-order valence-corrected chi connectivity index (χ0v) is 13.7. The molecule has 7 heteroatoms. The Labute approximate surface area is 127 Å². The van der Waals surface area contributed by atoms with E-state index in [1.165, 1.54) is 0 Å². The highest BCUT2D eigenvalue weighted by molar-refractivity contribution is 9.10. The lowest BCUT2D eigenvalue weighted by molar-refractivity contribution is -0.139. The van der Waals surface area contributed by atoms with Gasteiger partial charge in [0.05, 0.1) is 5.75 Å². The van der Waals surface area contributed by atoms with E-state index in [1.807, 2.05) is 13.8 Å². The SMILES string of the molecule is CC(C)C[C@@H](NS(=O)(=O)Cc1ccccc1Br)C(=O)O. The summed E-state index contributed by atoms with van der Waals surface area (Å²) >= 11 is 3.28. The summed E-state index contributed by atoms with van der Waals surface area (Å²) in [6.45, 7) is 3.69. The van der Waals surface area contributed by atoms with E-state index in [9.17, 15) is 13.2 Å². The fourth-order valence-electron chi connectivity index (χ4n) is 1.75. The van der Waals surface area contributed by atoms with Gasteiger partial charge in [-0.05, 0) is 24.0 Å². The van der Waals surface area contributed by atoms with Crippen LogP contribution in [-0.2, 0) is 20.6 Å². The van der Waals surface area contributed by atoms with Gasteiger partial charge in [0.15, 0.2) is 0 Å². The summed E-state index contributed by atoms with van der Waals surface area (Å²) < 4.78 is 27.0. The van der Waals surface area contributed by atoms with Crippen LogP contribution < -0.4 is 4.72 Å². The van der Waals surface area contributed by atoms with Crippen molar-refractivity contribution < 1.29 is 18.3 Å². The highest BCUT2D eigenvalue weighted by Crippen LogP contribution is 2.18. The Morgan fingerprint density at radius 1 is 1.35 bits per heavy atom. The maximum absolute atomic E-state index is 12.1. The molecule has 1 aromatic carbocycles. The van der Waals surface area contributed by atoms with E-state index in [4.69, 9.17) is 5.11 Å². The van der Waals surface area contributed by atoms with Crippen LogP contribution in [0.1, 0.15) is 25.8 Å². The molecule has 0 aliphatic heterocycles. The van der Waals surface area contributed by atoms with E-state index in [0.717, 1.165) is 0 Å². The highest BCUT2D eigenvalue weighted by Gasteiger charge is 2.25. The smallest absolute Gasteiger partial charge is 0.321 e. The number of hydrogen-bond acceptors (Lipinski definition) is 3. The number of rotatable bonds is 7. The third-order valence-electron chi connectivity index (χ3n) is 2.63. The van der Waals surface area contributed by atoms with Gasteiger partial charge in [-0.15, -0.1) is 0 Å². The number of carboxylic acid groups (broad SMARTS) is 1. The number of hydrogen-bond donors (Lipinski definition) is 2. The second-order valence-electron chi connectivity index (χ2n) is 4.99. The molecule has 2 N–H and O–H groups in total. The largest absolute Gasteiger partial charge is 0.480 e. The zero-order chi connectivity index (χ0) is 15.3. The van der Waals surface area contributed by atoms with E-state index < -0.39 is 22.0 Å². The molecule has 1 atom stereocenters. The number of aliphatic carboxylic acids is 1. The Bertz CT molecular complexity index is 571. The van der Waals surface area contributed by atoms with Gasteiger partial charge in [0.1, 0.15) is 6.04 Å². The second-order valence-corrected chi connectivity index (χ2v) is 7.60. The molecule has 0 aliphatic rings. The normalized spacial score (nSPS) is 13.4. The Morgan fingerprint density at radius 3 is 2.45 bits per heavy atom. The molecule has 5 nitrogen and oxygen atoms in total. The van der Waals surface area contributed by atoms with Gasteiger partial charge >= 0.3 is 5.97 Å². The minimum Gasteiger partial charge on any atom is -0.480 e. The van der Waals surface area contributed by atoms with Crippen LogP contribution in [0.15, 0.2) is 28.7 Å². The number of carbonyl (C=O) groups is 1. The molecular weight excluding hydrogens is 346 g/mol. The van der Waals surface area contributed by atoms with E-state index in [0.29, 0.717) is 10.0 Å². The topological polar surface area (TPSA) is 83.5 Å². The molecular formula is C13H18BrNO4S. The molecule has 1 aromatic rings. The van der Waals surface area contributed by atoms with Crippen LogP contribution >= 0.6 is 15.9 Å². The molecule has 0 spiro atoms. The van der Waals surface area contributed by atoms with Gasteiger partial charge in [0.2, 0.25) is 10.0 Å². The minimum atomic E-state index is -3.71. The van der Waals surface area contributed by atoms with Gasteiger partial charge in [-0.3, -0.25) is 4.79 Å². The summed E-state index contributed by atoms with van der Waals surface area (Å²) in [7, 11) is -3.71. The van der Waals surface area contributed by atoms with Crippen molar-refractivity contribution >= 4 is 31.9 Å². The fourth-order valence-corrected chi connectivity index (χ4v) is 3.73. The van der Waals surface area contributed by atoms with Crippen LogP contribution in [0.4, 0.5) is 0 Å². The van der Waals surface area contributed by atoms with Gasteiger partial charge in [0.25, 0.3) is 0 Å². The van der Waals surface area contributed by atoms with Crippen LogP contribution in [-0.4, -0.2) is 25.5 Å². The Morgan fingerprint density at radius 2 is 1.95 bits per heavy atom. The lowest BCUT2D eigenvalue weighted by Crippen LogP contribution is -2.42. The maximum Gasteiger partial charge on any atom is 0.321 e. The molecule has 0 aromatic heterocycles. The number of sulfonamides is 1. The van der Waals surface area contributed by atoms with Crippen molar-refractivity contribution in [2.24, 2.45) is 5.92 Å². The van der Waals surface area contributed by atoms with Crippen LogP contribution in [0.5, 0.6) is 0 Å². The van der Waals surface area contributed by atoms with E-state index in [2.05, 4.69) is 20.7 Å². The van der Waals surface area contributed by atoms with Crippen LogP contribution in [0.25, 0.3) is 0 Å². The molecule has 0 heterocycles. The zero-order valence-electron chi connectivity index (χ0n) is 11.3. The molecule has 0 bridgehead atoms. The molecule has 0 aliphatic carbocycles. The molecule has 0 saturated carbocycles. The Kier molecular flexibility index (Phi) is 6.16. The molecule has 0 amide bonds. The molecule has 1 rings (SSSR count). The maximum atomic E-state index is 12.1. The van der Waals surface area contributed by atoms with Gasteiger partial charge in [-0.25, -0.2) is 13.1 Å². The average Bonchev–Trinajstić information content (AvgIpc) is 2.30. The first-order valence-electron chi connectivity index (χ1n) is 6.17. The van der Waals surface area contributed by atoms with E-state index >= 15 is 0 Å². The number of carboxylic acids is 1. The predicted octanol–water partition coefficient (Wildman–Crippen LogP) is 2.37. The molecule has 0 radical (unpaired) electrons. The summed E-state index contributed by atoms with van der Waals surface area (Å²) in [6.07, 6.45) is 0.254. The number of nitrogens with one attached hydrogen (secondary N) is 1. The van der Waals surface area contributed by atoms with Gasteiger partial charge in [0, 0.05) is 4.47 Å². The summed E-state index contributed by atoms with van der Waals surface area (Å²) in [5.41, 5.74) is 0.591. The van der Waals surface area contributed by atoms with Crippen molar-refractivity contribution in [1.29, 1.82) is 0 Å². The number of halogens is 1. The lowest BCUT2D eigenvalue weighted by atomic mass is 10.1. The van der Waals surface area contributed by atoms with Crippen LogP contribution in [0.2, 0.25) is 0 Å². The third kappa shape index (κ3) is 5.60. The molecule has 112 valence electrons. The lowest BCUT2D eigenvalue weighted by Gasteiger charge is -2.16. The van der Waals surface area contributed by atoms with Gasteiger partial charge < -0.3 is 5.11 Å². The molecule has 0 fully saturated rings. The first-order chi connectivity index (χ1) is 9.21. The summed E-state index contributed by atoms with van der Waals surface area (Å²) in [6, 6.07) is 5.85. The third-order valence-corrected chi connectivity index (χ3v) is 4.74. The summed E-state index contributed by atoms with van der Waals surface area (Å²) in [5, 5.41) is 9.07. The van der Waals surface area contributed by atoms with Crippen LogP contribution in [0, 0.1) is 5.92 Å². The first-order valence-corrected chi connectivity index (χ1v) is 8.62. The van der Waals surface area contributed by atoms with Crippen molar-refractivity contribution in [2.45, 2.75) is 32.1 Å². The monoisotopic (exact) mass is 363 g/mol. The highest BCUT2D eigenvalue weighted by atomic mass is 79.9. The van der Waals surface area contributed by atoms with E-state index in [1.54, 1.807) is 24.3 Å².